The van der Waals surface area contributed by atoms with Gasteiger partial charge in [-0.2, -0.15) is 0 Å². The number of hydrogen-bond donors (Lipinski definition) is 1. The molecule has 3 amide bonds. The molecule has 0 saturated carbocycles. The number of esters is 1. The van der Waals surface area contributed by atoms with Crippen molar-refractivity contribution < 1.29 is 28.8 Å². The zero-order valence-electron chi connectivity index (χ0n) is 18.1. The predicted molar refractivity (Wildman–Crippen MR) is 126 cm³/mol. The molecule has 0 atom stereocenters. The molecule has 1 heterocycles. The number of aryl methyl sites for hydroxylation is 1. The lowest BCUT2D eigenvalue weighted by atomic mass is 10.1. The predicted octanol–water partition coefficient (Wildman–Crippen LogP) is 4.15. The van der Waals surface area contributed by atoms with Crippen LogP contribution in [-0.4, -0.2) is 35.2 Å². The number of carbonyl (C=O) groups excluding carboxylic acids is 4. The van der Waals surface area contributed by atoms with E-state index >= 15 is 0 Å². The van der Waals surface area contributed by atoms with E-state index in [1.807, 2.05) is 0 Å². The van der Waals surface area contributed by atoms with Crippen LogP contribution in [0.15, 0.2) is 60.7 Å². The van der Waals surface area contributed by atoms with Crippen molar-refractivity contribution in [2.24, 2.45) is 0 Å². The number of nitrogens with zero attached hydrogens (tertiary/aromatic N) is 2. The minimum atomic E-state index is -0.894. The maximum Gasteiger partial charge on any atom is 0.338 e. The highest BCUT2D eigenvalue weighted by Gasteiger charge is 2.38. The van der Waals surface area contributed by atoms with Crippen LogP contribution in [0.5, 0.6) is 0 Å². The number of anilines is 2. The second-order valence-corrected chi connectivity index (χ2v) is 7.95. The number of benzene rings is 3. The summed E-state index contributed by atoms with van der Waals surface area (Å²) in [6.45, 7) is 0.893. The molecule has 1 aliphatic heterocycles. The largest absolute Gasteiger partial charge is 0.452 e. The van der Waals surface area contributed by atoms with Crippen LogP contribution < -0.4 is 10.2 Å². The number of fused-ring (bicyclic) bond motifs is 1. The van der Waals surface area contributed by atoms with Crippen molar-refractivity contribution in [3.05, 3.63) is 98.1 Å². The number of nitro benzene ring substituents is 1. The molecule has 11 heteroatoms. The lowest BCUT2D eigenvalue weighted by molar-refractivity contribution is -0.385. The van der Waals surface area contributed by atoms with Gasteiger partial charge in [0.1, 0.15) is 0 Å². The Bertz CT molecular complexity index is 1420. The maximum atomic E-state index is 12.9. The van der Waals surface area contributed by atoms with Gasteiger partial charge in [0.25, 0.3) is 23.4 Å². The van der Waals surface area contributed by atoms with Gasteiger partial charge in [0.2, 0.25) is 0 Å². The van der Waals surface area contributed by atoms with Gasteiger partial charge in [-0.15, -0.1) is 0 Å². The number of imide groups is 1. The normalized spacial score (nSPS) is 12.3. The summed E-state index contributed by atoms with van der Waals surface area (Å²) in [5, 5.41) is 13.7. The summed E-state index contributed by atoms with van der Waals surface area (Å²) in [5.41, 5.74) is 0.720. The van der Waals surface area contributed by atoms with Crippen molar-refractivity contribution in [2.45, 2.75) is 6.92 Å². The highest BCUT2D eigenvalue weighted by Crippen LogP contribution is 2.33. The van der Waals surface area contributed by atoms with E-state index in [-0.39, 0.29) is 38.8 Å². The second kappa shape index (κ2) is 9.35. The number of carbonyl (C=O) groups is 4. The molecule has 0 unspecified atom stereocenters. The molecule has 1 aliphatic rings. The standard InChI is InChI=1S/C24H16ClN3O7/c1-13-6-8-15(11-20(13)28(33)34)26-21(29)12-35-24(32)14-7-9-16-17(10-14)23(31)27(22(16)30)19-5-3-2-4-18(19)25/h2-11H,12H2,1H3,(H,26,29). The van der Waals surface area contributed by atoms with Crippen molar-refractivity contribution in [1.82, 2.24) is 0 Å². The Morgan fingerprint density at radius 3 is 2.46 bits per heavy atom. The fourth-order valence-corrected chi connectivity index (χ4v) is 3.74. The van der Waals surface area contributed by atoms with E-state index in [0.29, 0.717) is 5.56 Å². The lowest BCUT2D eigenvalue weighted by Crippen LogP contribution is -2.29. The summed E-state index contributed by atoms with van der Waals surface area (Å²) >= 11 is 6.13. The number of nitro groups is 1. The zero-order chi connectivity index (χ0) is 25.3. The van der Waals surface area contributed by atoms with Gasteiger partial charge in [0.05, 0.1) is 32.3 Å². The summed E-state index contributed by atoms with van der Waals surface area (Å²) in [4.78, 5) is 61.6. The van der Waals surface area contributed by atoms with Gasteiger partial charge in [-0.1, -0.05) is 29.8 Å². The van der Waals surface area contributed by atoms with Gasteiger partial charge in [0, 0.05) is 17.3 Å². The molecule has 3 aromatic rings. The molecule has 0 saturated heterocycles. The highest BCUT2D eigenvalue weighted by atomic mass is 35.5. The molecule has 0 radical (unpaired) electrons. The topological polar surface area (TPSA) is 136 Å². The first-order valence-corrected chi connectivity index (χ1v) is 10.5. The third kappa shape index (κ3) is 4.59. The Morgan fingerprint density at radius 2 is 1.74 bits per heavy atom. The number of hydrogen-bond acceptors (Lipinski definition) is 7. The van der Waals surface area contributed by atoms with E-state index in [1.165, 1.54) is 42.5 Å². The smallest absolute Gasteiger partial charge is 0.338 e. The van der Waals surface area contributed by atoms with Gasteiger partial charge in [0.15, 0.2) is 6.61 Å². The van der Waals surface area contributed by atoms with E-state index < -0.39 is 35.2 Å². The SMILES string of the molecule is Cc1ccc(NC(=O)COC(=O)c2ccc3c(c2)C(=O)N(c2ccccc2Cl)C3=O)cc1[N+](=O)[O-]. The van der Waals surface area contributed by atoms with Crippen LogP contribution in [0.4, 0.5) is 17.1 Å². The van der Waals surface area contributed by atoms with Crippen LogP contribution in [0.3, 0.4) is 0 Å². The van der Waals surface area contributed by atoms with Crippen LogP contribution in [0.1, 0.15) is 36.6 Å². The minimum Gasteiger partial charge on any atom is -0.452 e. The van der Waals surface area contributed by atoms with Crippen LogP contribution in [0, 0.1) is 17.0 Å². The molecule has 176 valence electrons. The Labute approximate surface area is 203 Å². The van der Waals surface area contributed by atoms with E-state index in [1.54, 1.807) is 25.1 Å². The number of para-hydroxylation sites is 1. The average Bonchev–Trinajstić information content (AvgIpc) is 3.08. The molecule has 1 N–H and O–H groups in total. The van der Waals surface area contributed by atoms with Gasteiger partial charge in [-0.05, 0) is 43.3 Å². The fraction of sp³-hybridized carbons (Fsp3) is 0.0833. The Morgan fingerprint density at radius 1 is 1.03 bits per heavy atom. The summed E-state index contributed by atoms with van der Waals surface area (Å²) in [7, 11) is 0. The molecular weight excluding hydrogens is 478 g/mol. The van der Waals surface area contributed by atoms with Gasteiger partial charge >= 0.3 is 5.97 Å². The highest BCUT2D eigenvalue weighted by molar-refractivity contribution is 6.39. The third-order valence-electron chi connectivity index (χ3n) is 5.24. The summed E-state index contributed by atoms with van der Waals surface area (Å²) in [5.74, 6) is -2.83. The van der Waals surface area contributed by atoms with Crippen LogP contribution in [0.25, 0.3) is 0 Å². The molecule has 4 rings (SSSR count). The van der Waals surface area contributed by atoms with Gasteiger partial charge in [-0.3, -0.25) is 24.5 Å². The summed E-state index contributed by atoms with van der Waals surface area (Å²) in [6.07, 6.45) is 0. The number of ether oxygens (including phenoxy) is 1. The number of halogens is 1. The molecule has 10 nitrogen and oxygen atoms in total. The Kier molecular flexibility index (Phi) is 6.30. The van der Waals surface area contributed by atoms with Crippen molar-refractivity contribution in [3.8, 4) is 0 Å². The molecule has 3 aromatic carbocycles. The van der Waals surface area contributed by atoms with E-state index in [2.05, 4.69) is 5.32 Å². The van der Waals surface area contributed by atoms with Crippen molar-refractivity contribution in [2.75, 3.05) is 16.8 Å². The number of amides is 3. The molecule has 0 aliphatic carbocycles. The molecule has 0 bridgehead atoms. The fourth-order valence-electron chi connectivity index (χ4n) is 3.52. The van der Waals surface area contributed by atoms with Crippen molar-refractivity contribution >= 4 is 52.4 Å². The summed E-state index contributed by atoms with van der Waals surface area (Å²) < 4.78 is 5.00. The van der Waals surface area contributed by atoms with Crippen molar-refractivity contribution in [1.29, 1.82) is 0 Å². The average molecular weight is 494 g/mol. The summed E-state index contributed by atoms with van der Waals surface area (Å²) in [6, 6.07) is 14.4. The first-order chi connectivity index (χ1) is 16.7. The number of rotatable bonds is 6. The first kappa shape index (κ1) is 23.6. The minimum absolute atomic E-state index is 0.000728. The first-order valence-electron chi connectivity index (χ1n) is 10.2. The maximum absolute atomic E-state index is 12.9. The van der Waals surface area contributed by atoms with Crippen LogP contribution in [0.2, 0.25) is 5.02 Å². The molecule has 0 spiro atoms. The molecule has 35 heavy (non-hydrogen) atoms. The van der Waals surface area contributed by atoms with E-state index in [4.69, 9.17) is 16.3 Å². The lowest BCUT2D eigenvalue weighted by Gasteiger charge is -2.15. The van der Waals surface area contributed by atoms with Crippen LogP contribution in [-0.2, 0) is 9.53 Å². The second-order valence-electron chi connectivity index (χ2n) is 7.54. The Balaban J connectivity index is 1.44. The zero-order valence-corrected chi connectivity index (χ0v) is 18.9. The molecular formula is C24H16ClN3O7. The third-order valence-corrected chi connectivity index (χ3v) is 5.56. The van der Waals surface area contributed by atoms with E-state index in [0.717, 1.165) is 4.90 Å². The van der Waals surface area contributed by atoms with Crippen molar-refractivity contribution in [3.63, 3.8) is 0 Å². The molecule has 0 aromatic heterocycles. The molecule has 0 fully saturated rings. The quantitative estimate of drug-likeness (QED) is 0.236. The van der Waals surface area contributed by atoms with Crippen LogP contribution >= 0.6 is 11.6 Å². The Hall–Kier alpha value is -4.57. The van der Waals surface area contributed by atoms with Gasteiger partial charge < -0.3 is 10.1 Å². The number of nitrogens with one attached hydrogen (secondary N) is 1. The van der Waals surface area contributed by atoms with Gasteiger partial charge in [-0.25, -0.2) is 9.69 Å². The monoisotopic (exact) mass is 493 g/mol. The van der Waals surface area contributed by atoms with E-state index in [9.17, 15) is 29.3 Å².